The number of benzene rings is 1. The molecule has 0 radical (unpaired) electrons. The summed E-state index contributed by atoms with van der Waals surface area (Å²) in [5.41, 5.74) is 0.514. The Kier molecular flexibility index (Phi) is 5.77. The highest BCUT2D eigenvalue weighted by molar-refractivity contribution is 6.33. The highest BCUT2D eigenvalue weighted by atomic mass is 35.5. The van der Waals surface area contributed by atoms with Gasteiger partial charge in [0, 0.05) is 0 Å². The Morgan fingerprint density at radius 2 is 2.29 bits per heavy atom. The number of hydrogen-bond donors (Lipinski definition) is 1. The molecule has 0 aromatic heterocycles. The van der Waals surface area contributed by atoms with Gasteiger partial charge in [-0.3, -0.25) is 4.79 Å². The van der Waals surface area contributed by atoms with E-state index in [1.807, 2.05) is 6.92 Å². The SMILES string of the molecule is CCCCOC(=O)CNc1ccc(F)cc1Cl. The lowest BCUT2D eigenvalue weighted by molar-refractivity contribution is -0.141. The fourth-order valence-electron chi connectivity index (χ4n) is 1.18. The Hall–Kier alpha value is -1.29. The summed E-state index contributed by atoms with van der Waals surface area (Å²) in [6.07, 6.45) is 1.83. The number of halogens is 2. The molecule has 1 aromatic rings. The number of ether oxygens (including phenoxy) is 1. The summed E-state index contributed by atoms with van der Waals surface area (Å²) in [5, 5.41) is 3.04. The Morgan fingerprint density at radius 3 is 2.94 bits per heavy atom. The van der Waals surface area contributed by atoms with Crippen molar-refractivity contribution < 1.29 is 13.9 Å². The Bertz CT molecular complexity index is 385. The largest absolute Gasteiger partial charge is 0.464 e. The zero-order chi connectivity index (χ0) is 12.7. The maximum Gasteiger partial charge on any atom is 0.325 e. The Labute approximate surface area is 105 Å². The second-order valence-electron chi connectivity index (χ2n) is 3.55. The zero-order valence-corrected chi connectivity index (χ0v) is 10.4. The fourth-order valence-corrected chi connectivity index (χ4v) is 1.42. The average molecular weight is 260 g/mol. The van der Waals surface area contributed by atoms with Gasteiger partial charge in [-0.1, -0.05) is 24.9 Å². The standard InChI is InChI=1S/C12H15ClFNO2/c1-2-3-6-17-12(16)8-15-11-5-4-9(14)7-10(11)13/h4-5,7,15H,2-3,6,8H2,1H3. The third kappa shape index (κ3) is 5.04. The molecule has 0 heterocycles. The summed E-state index contributed by atoms with van der Waals surface area (Å²) < 4.78 is 17.7. The second-order valence-corrected chi connectivity index (χ2v) is 3.96. The lowest BCUT2D eigenvalue weighted by Gasteiger charge is -2.08. The van der Waals surface area contributed by atoms with E-state index in [1.165, 1.54) is 18.2 Å². The van der Waals surface area contributed by atoms with Crippen LogP contribution >= 0.6 is 11.6 Å². The normalized spacial score (nSPS) is 10.1. The van der Waals surface area contributed by atoms with Gasteiger partial charge in [-0.15, -0.1) is 0 Å². The molecule has 0 atom stereocenters. The number of rotatable bonds is 6. The first kappa shape index (κ1) is 13.8. The number of carbonyl (C=O) groups excluding carboxylic acids is 1. The molecular weight excluding hydrogens is 245 g/mol. The van der Waals surface area contributed by atoms with Crippen molar-refractivity contribution in [1.29, 1.82) is 0 Å². The molecule has 17 heavy (non-hydrogen) atoms. The molecule has 0 aliphatic rings. The highest BCUT2D eigenvalue weighted by Gasteiger charge is 2.05. The van der Waals surface area contributed by atoms with Gasteiger partial charge in [-0.2, -0.15) is 0 Å². The summed E-state index contributed by atoms with van der Waals surface area (Å²) in [7, 11) is 0. The molecule has 0 unspecified atom stereocenters. The average Bonchev–Trinajstić information content (AvgIpc) is 2.28. The second kappa shape index (κ2) is 7.12. The van der Waals surface area contributed by atoms with Crippen molar-refractivity contribution >= 4 is 23.3 Å². The number of carbonyl (C=O) groups is 1. The minimum atomic E-state index is -0.411. The van der Waals surface area contributed by atoms with Gasteiger partial charge in [0.1, 0.15) is 12.4 Å². The Balaban J connectivity index is 2.37. The minimum absolute atomic E-state index is 0.0229. The van der Waals surface area contributed by atoms with Crippen LogP contribution in [-0.4, -0.2) is 19.1 Å². The molecule has 0 aliphatic heterocycles. The quantitative estimate of drug-likeness (QED) is 0.630. The van der Waals surface area contributed by atoms with E-state index in [4.69, 9.17) is 16.3 Å². The van der Waals surface area contributed by atoms with Crippen LogP contribution in [0.3, 0.4) is 0 Å². The van der Waals surface area contributed by atoms with E-state index >= 15 is 0 Å². The summed E-state index contributed by atoms with van der Waals surface area (Å²) in [4.78, 5) is 11.3. The van der Waals surface area contributed by atoms with E-state index in [2.05, 4.69) is 5.32 Å². The molecule has 0 aliphatic carbocycles. The molecule has 94 valence electrons. The smallest absolute Gasteiger partial charge is 0.325 e. The van der Waals surface area contributed by atoms with Gasteiger partial charge in [0.15, 0.2) is 0 Å². The van der Waals surface area contributed by atoms with Gasteiger partial charge in [-0.25, -0.2) is 4.39 Å². The molecule has 0 spiro atoms. The van der Waals surface area contributed by atoms with Crippen molar-refractivity contribution in [2.45, 2.75) is 19.8 Å². The number of hydrogen-bond acceptors (Lipinski definition) is 3. The van der Waals surface area contributed by atoms with Gasteiger partial charge in [0.05, 0.1) is 17.3 Å². The molecule has 5 heteroatoms. The van der Waals surface area contributed by atoms with Crippen LogP contribution in [0.1, 0.15) is 19.8 Å². The van der Waals surface area contributed by atoms with Crippen molar-refractivity contribution in [3.05, 3.63) is 29.0 Å². The zero-order valence-electron chi connectivity index (χ0n) is 9.63. The van der Waals surface area contributed by atoms with Crippen LogP contribution in [-0.2, 0) is 9.53 Å². The first-order chi connectivity index (χ1) is 8.13. The van der Waals surface area contributed by atoms with Crippen molar-refractivity contribution in [2.75, 3.05) is 18.5 Å². The molecule has 0 saturated heterocycles. The number of anilines is 1. The third-order valence-electron chi connectivity index (χ3n) is 2.12. The van der Waals surface area contributed by atoms with Gasteiger partial charge in [0.25, 0.3) is 0 Å². The van der Waals surface area contributed by atoms with E-state index in [0.717, 1.165) is 12.8 Å². The van der Waals surface area contributed by atoms with Crippen molar-refractivity contribution in [3.8, 4) is 0 Å². The van der Waals surface area contributed by atoms with Crippen LogP contribution in [0.15, 0.2) is 18.2 Å². The van der Waals surface area contributed by atoms with Crippen LogP contribution in [0, 0.1) is 5.82 Å². The van der Waals surface area contributed by atoms with E-state index in [9.17, 15) is 9.18 Å². The number of esters is 1. The third-order valence-corrected chi connectivity index (χ3v) is 2.43. The van der Waals surface area contributed by atoms with E-state index in [-0.39, 0.29) is 17.5 Å². The van der Waals surface area contributed by atoms with Crippen LogP contribution < -0.4 is 5.32 Å². The van der Waals surface area contributed by atoms with Crippen LogP contribution in [0.2, 0.25) is 5.02 Å². The Morgan fingerprint density at radius 1 is 1.53 bits per heavy atom. The molecule has 1 rings (SSSR count). The summed E-state index contributed by atoms with van der Waals surface area (Å²) in [5.74, 6) is -0.759. The number of nitrogens with one attached hydrogen (secondary N) is 1. The summed E-state index contributed by atoms with van der Waals surface area (Å²) in [6, 6.07) is 3.94. The monoisotopic (exact) mass is 259 g/mol. The van der Waals surface area contributed by atoms with Crippen molar-refractivity contribution in [3.63, 3.8) is 0 Å². The van der Waals surface area contributed by atoms with Crippen molar-refractivity contribution in [1.82, 2.24) is 0 Å². The lowest BCUT2D eigenvalue weighted by Crippen LogP contribution is -2.17. The maximum atomic E-state index is 12.7. The molecule has 0 amide bonds. The van der Waals surface area contributed by atoms with Crippen LogP contribution in [0.25, 0.3) is 0 Å². The predicted octanol–water partition coefficient (Wildman–Crippen LogP) is 3.23. The molecule has 0 saturated carbocycles. The van der Waals surface area contributed by atoms with Gasteiger partial charge < -0.3 is 10.1 Å². The van der Waals surface area contributed by atoms with E-state index < -0.39 is 5.82 Å². The maximum absolute atomic E-state index is 12.7. The number of unbranched alkanes of at least 4 members (excludes halogenated alkanes) is 1. The van der Waals surface area contributed by atoms with E-state index in [1.54, 1.807) is 0 Å². The molecule has 0 fully saturated rings. The highest BCUT2D eigenvalue weighted by Crippen LogP contribution is 2.21. The molecule has 1 aromatic carbocycles. The van der Waals surface area contributed by atoms with Crippen molar-refractivity contribution in [2.24, 2.45) is 0 Å². The first-order valence-corrected chi connectivity index (χ1v) is 5.86. The fraction of sp³-hybridized carbons (Fsp3) is 0.417. The van der Waals surface area contributed by atoms with Gasteiger partial charge in [-0.05, 0) is 24.6 Å². The van der Waals surface area contributed by atoms with Gasteiger partial charge in [0.2, 0.25) is 0 Å². The van der Waals surface area contributed by atoms with E-state index in [0.29, 0.717) is 12.3 Å². The molecular formula is C12H15ClFNO2. The topological polar surface area (TPSA) is 38.3 Å². The van der Waals surface area contributed by atoms with Crippen LogP contribution in [0.5, 0.6) is 0 Å². The first-order valence-electron chi connectivity index (χ1n) is 5.48. The lowest BCUT2D eigenvalue weighted by atomic mass is 10.3. The molecule has 0 bridgehead atoms. The molecule has 1 N–H and O–H groups in total. The summed E-state index contributed by atoms with van der Waals surface area (Å²) in [6.45, 7) is 2.47. The van der Waals surface area contributed by atoms with Crippen LogP contribution in [0.4, 0.5) is 10.1 Å². The van der Waals surface area contributed by atoms with Gasteiger partial charge >= 0.3 is 5.97 Å². The minimum Gasteiger partial charge on any atom is -0.464 e. The molecule has 3 nitrogen and oxygen atoms in total. The summed E-state index contributed by atoms with van der Waals surface area (Å²) >= 11 is 5.79. The predicted molar refractivity (Wildman–Crippen MR) is 65.8 cm³/mol.